The molecule has 2 aromatic rings. The maximum atomic E-state index is 5.29. The average Bonchev–Trinajstić information content (AvgIpc) is 2.47. The monoisotopic (exact) mass is 240 g/mol. The third-order valence-corrected chi connectivity index (χ3v) is 3.44. The molecule has 3 nitrogen and oxygen atoms in total. The fourth-order valence-corrected chi connectivity index (χ4v) is 2.52. The number of hydrogen-bond acceptors (Lipinski definition) is 3. The molecule has 1 unspecified atom stereocenters. The number of fused-ring (bicyclic) bond motifs is 1. The van der Waals surface area contributed by atoms with Crippen LogP contribution in [0.5, 0.6) is 5.75 Å². The van der Waals surface area contributed by atoms with Crippen LogP contribution < -0.4 is 10.1 Å². The molecule has 2 heterocycles. The smallest absolute Gasteiger partial charge is 0.119 e. The van der Waals surface area contributed by atoms with Crippen LogP contribution in [-0.4, -0.2) is 18.6 Å². The summed E-state index contributed by atoms with van der Waals surface area (Å²) in [6, 6.07) is 10.7. The van der Waals surface area contributed by atoms with Crippen LogP contribution in [0.4, 0.5) is 0 Å². The van der Waals surface area contributed by atoms with Crippen molar-refractivity contribution >= 4 is 0 Å². The van der Waals surface area contributed by atoms with E-state index in [4.69, 9.17) is 4.74 Å². The molecule has 92 valence electrons. The SMILES string of the molecule is COc1ccc2c(c1)CCNC2c1ccncc1. The Balaban J connectivity index is 2.02. The van der Waals surface area contributed by atoms with E-state index in [-0.39, 0.29) is 6.04 Å². The van der Waals surface area contributed by atoms with E-state index in [0.29, 0.717) is 0 Å². The maximum absolute atomic E-state index is 5.29. The zero-order chi connectivity index (χ0) is 12.4. The Kier molecular flexibility index (Phi) is 2.99. The first-order valence-electron chi connectivity index (χ1n) is 6.18. The molecule has 1 atom stereocenters. The van der Waals surface area contributed by atoms with Crippen molar-refractivity contribution in [2.75, 3.05) is 13.7 Å². The highest BCUT2D eigenvalue weighted by molar-refractivity contribution is 5.43. The molecule has 0 aliphatic carbocycles. The minimum Gasteiger partial charge on any atom is -0.497 e. The third-order valence-electron chi connectivity index (χ3n) is 3.44. The first kappa shape index (κ1) is 11.2. The summed E-state index contributed by atoms with van der Waals surface area (Å²) in [6.45, 7) is 0.993. The van der Waals surface area contributed by atoms with E-state index in [9.17, 15) is 0 Å². The van der Waals surface area contributed by atoms with Crippen LogP contribution in [0.3, 0.4) is 0 Å². The van der Waals surface area contributed by atoms with E-state index in [1.54, 1.807) is 7.11 Å². The van der Waals surface area contributed by atoms with Crippen LogP contribution in [0.25, 0.3) is 0 Å². The molecule has 1 N–H and O–H groups in total. The summed E-state index contributed by atoms with van der Waals surface area (Å²) in [7, 11) is 1.71. The van der Waals surface area contributed by atoms with Crippen molar-refractivity contribution in [3.8, 4) is 5.75 Å². The van der Waals surface area contributed by atoms with Gasteiger partial charge in [0.15, 0.2) is 0 Å². The lowest BCUT2D eigenvalue weighted by Gasteiger charge is -2.27. The Morgan fingerprint density at radius 3 is 2.83 bits per heavy atom. The number of nitrogens with one attached hydrogen (secondary N) is 1. The van der Waals surface area contributed by atoms with E-state index in [0.717, 1.165) is 18.7 Å². The van der Waals surface area contributed by atoms with E-state index < -0.39 is 0 Å². The minimum atomic E-state index is 0.266. The summed E-state index contributed by atoms with van der Waals surface area (Å²) in [4.78, 5) is 4.08. The Labute approximate surface area is 107 Å². The molecule has 0 bridgehead atoms. The minimum absolute atomic E-state index is 0.266. The van der Waals surface area contributed by atoms with Gasteiger partial charge in [-0.05, 0) is 47.4 Å². The molecule has 3 heteroatoms. The van der Waals surface area contributed by atoms with Crippen LogP contribution in [0.2, 0.25) is 0 Å². The van der Waals surface area contributed by atoms with Crippen molar-refractivity contribution in [3.05, 3.63) is 59.4 Å². The van der Waals surface area contributed by atoms with E-state index >= 15 is 0 Å². The predicted octanol–water partition coefficient (Wildman–Crippen LogP) is 2.33. The molecule has 3 rings (SSSR count). The molecule has 0 radical (unpaired) electrons. The number of ether oxygens (including phenoxy) is 1. The molecule has 0 spiro atoms. The predicted molar refractivity (Wildman–Crippen MR) is 70.8 cm³/mol. The van der Waals surface area contributed by atoms with Gasteiger partial charge in [-0.25, -0.2) is 0 Å². The number of benzene rings is 1. The Morgan fingerprint density at radius 1 is 1.22 bits per heavy atom. The largest absolute Gasteiger partial charge is 0.497 e. The lowest BCUT2D eigenvalue weighted by molar-refractivity contribution is 0.413. The van der Waals surface area contributed by atoms with Gasteiger partial charge >= 0.3 is 0 Å². The molecule has 0 saturated carbocycles. The zero-order valence-electron chi connectivity index (χ0n) is 10.4. The third kappa shape index (κ3) is 1.97. The highest BCUT2D eigenvalue weighted by Crippen LogP contribution is 2.30. The van der Waals surface area contributed by atoms with Gasteiger partial charge in [-0.15, -0.1) is 0 Å². The Hall–Kier alpha value is -1.87. The number of hydrogen-bond donors (Lipinski definition) is 1. The molecule has 1 aliphatic rings. The lowest BCUT2D eigenvalue weighted by Crippen LogP contribution is -2.30. The Bertz CT molecular complexity index is 539. The number of pyridine rings is 1. The molecular formula is C15H16N2O. The van der Waals surface area contributed by atoms with Gasteiger partial charge in [0, 0.05) is 18.9 Å². The second-order valence-corrected chi connectivity index (χ2v) is 4.48. The zero-order valence-corrected chi connectivity index (χ0v) is 10.4. The van der Waals surface area contributed by atoms with Gasteiger partial charge in [-0.2, -0.15) is 0 Å². The molecular weight excluding hydrogens is 224 g/mol. The molecule has 18 heavy (non-hydrogen) atoms. The molecule has 0 saturated heterocycles. The van der Waals surface area contributed by atoms with Crippen LogP contribution in [0.1, 0.15) is 22.7 Å². The number of methoxy groups -OCH3 is 1. The summed E-state index contributed by atoms with van der Waals surface area (Å²) in [5, 5.41) is 3.56. The van der Waals surface area contributed by atoms with Crippen molar-refractivity contribution in [2.24, 2.45) is 0 Å². The second kappa shape index (κ2) is 4.78. The summed E-state index contributed by atoms with van der Waals surface area (Å²) in [5.74, 6) is 0.934. The normalized spacial score (nSPS) is 18.2. The standard InChI is InChI=1S/C15H16N2O/c1-18-13-2-3-14-12(10-13)6-9-17-15(14)11-4-7-16-8-5-11/h2-5,7-8,10,15,17H,6,9H2,1H3. The van der Waals surface area contributed by atoms with Crippen LogP contribution in [0.15, 0.2) is 42.7 Å². The van der Waals surface area contributed by atoms with Gasteiger partial charge < -0.3 is 10.1 Å². The van der Waals surface area contributed by atoms with Crippen molar-refractivity contribution in [1.29, 1.82) is 0 Å². The summed E-state index contributed by atoms with van der Waals surface area (Å²) in [5.41, 5.74) is 3.97. The summed E-state index contributed by atoms with van der Waals surface area (Å²) >= 11 is 0. The topological polar surface area (TPSA) is 34.1 Å². The quantitative estimate of drug-likeness (QED) is 0.874. The average molecular weight is 240 g/mol. The number of rotatable bonds is 2. The van der Waals surface area contributed by atoms with Gasteiger partial charge in [0.05, 0.1) is 13.2 Å². The van der Waals surface area contributed by atoms with Crippen molar-refractivity contribution < 1.29 is 4.74 Å². The Morgan fingerprint density at radius 2 is 2.06 bits per heavy atom. The fourth-order valence-electron chi connectivity index (χ4n) is 2.52. The van der Waals surface area contributed by atoms with E-state index in [1.807, 2.05) is 18.5 Å². The van der Waals surface area contributed by atoms with Crippen molar-refractivity contribution in [2.45, 2.75) is 12.5 Å². The molecule has 1 aromatic heterocycles. The van der Waals surface area contributed by atoms with Gasteiger partial charge in [-0.1, -0.05) is 6.07 Å². The summed E-state index contributed by atoms with van der Waals surface area (Å²) in [6.07, 6.45) is 4.73. The first-order chi connectivity index (χ1) is 8.88. The molecule has 0 amide bonds. The van der Waals surface area contributed by atoms with Crippen LogP contribution >= 0.6 is 0 Å². The van der Waals surface area contributed by atoms with Crippen molar-refractivity contribution in [3.63, 3.8) is 0 Å². The maximum Gasteiger partial charge on any atom is 0.119 e. The van der Waals surface area contributed by atoms with E-state index in [1.165, 1.54) is 16.7 Å². The molecule has 0 fully saturated rings. The molecule has 1 aromatic carbocycles. The van der Waals surface area contributed by atoms with Gasteiger partial charge in [0.25, 0.3) is 0 Å². The highest BCUT2D eigenvalue weighted by Gasteiger charge is 2.21. The lowest BCUT2D eigenvalue weighted by atomic mass is 9.90. The van der Waals surface area contributed by atoms with Gasteiger partial charge in [0.2, 0.25) is 0 Å². The van der Waals surface area contributed by atoms with Gasteiger partial charge in [0.1, 0.15) is 5.75 Å². The number of aromatic nitrogens is 1. The van der Waals surface area contributed by atoms with Gasteiger partial charge in [-0.3, -0.25) is 4.98 Å². The highest BCUT2D eigenvalue weighted by atomic mass is 16.5. The number of nitrogens with zero attached hydrogens (tertiary/aromatic N) is 1. The van der Waals surface area contributed by atoms with Crippen molar-refractivity contribution in [1.82, 2.24) is 10.3 Å². The van der Waals surface area contributed by atoms with Crippen LogP contribution in [-0.2, 0) is 6.42 Å². The second-order valence-electron chi connectivity index (χ2n) is 4.48. The fraction of sp³-hybridized carbons (Fsp3) is 0.267. The molecule has 1 aliphatic heterocycles. The van der Waals surface area contributed by atoms with Crippen LogP contribution in [0, 0.1) is 0 Å². The van der Waals surface area contributed by atoms with E-state index in [2.05, 4.69) is 34.6 Å². The summed E-state index contributed by atoms with van der Waals surface area (Å²) < 4.78 is 5.29. The first-order valence-corrected chi connectivity index (χ1v) is 6.18.